The predicted octanol–water partition coefficient (Wildman–Crippen LogP) is 3.86. The fourth-order valence-electron chi connectivity index (χ4n) is 5.15. The number of benzene rings is 2. The van der Waals surface area contributed by atoms with E-state index in [1.54, 1.807) is 0 Å². The van der Waals surface area contributed by atoms with Crippen molar-refractivity contribution in [3.05, 3.63) is 59.7 Å². The van der Waals surface area contributed by atoms with E-state index in [2.05, 4.69) is 25.2 Å². The number of carbonyl (C=O) groups is 1. The van der Waals surface area contributed by atoms with Gasteiger partial charge in [-0.1, -0.05) is 38.1 Å². The molecule has 2 heterocycles. The van der Waals surface area contributed by atoms with Crippen LogP contribution in [0.4, 0.5) is 0 Å². The molecule has 158 valence electrons. The van der Waals surface area contributed by atoms with Crippen LogP contribution in [-0.4, -0.2) is 37.7 Å². The van der Waals surface area contributed by atoms with Crippen molar-refractivity contribution in [2.75, 3.05) is 20.0 Å². The molecule has 1 saturated heterocycles. The van der Waals surface area contributed by atoms with Crippen LogP contribution in [0, 0.1) is 5.41 Å². The van der Waals surface area contributed by atoms with Crippen molar-refractivity contribution in [2.45, 2.75) is 44.4 Å². The van der Waals surface area contributed by atoms with E-state index >= 15 is 0 Å². The zero-order valence-corrected chi connectivity index (χ0v) is 17.4. The molecular weight excluding hydrogens is 382 g/mol. The fraction of sp³-hybridized carbons (Fsp3) is 0.458. The molecule has 1 aliphatic carbocycles. The standard InChI is InChI=1S/C24H27NO5/c1-23(2)14-24(29-10-11-30-24)13-18(17-8-9-19-20(12-17)28-15-27-19)21(23)25-22(26)16-6-4-3-5-7-16/h3-9,12,18,21H,10-11,13-15H2,1-2H3,(H,25,26)/t18-,21-/m1/s1. The number of nitrogens with one attached hydrogen (secondary N) is 1. The minimum absolute atomic E-state index is 0.00834. The summed E-state index contributed by atoms with van der Waals surface area (Å²) in [6, 6.07) is 15.3. The molecule has 2 aromatic carbocycles. The van der Waals surface area contributed by atoms with Crippen LogP contribution >= 0.6 is 0 Å². The molecule has 5 rings (SSSR count). The second-order valence-electron chi connectivity index (χ2n) is 9.01. The molecule has 2 atom stereocenters. The molecule has 1 N–H and O–H groups in total. The van der Waals surface area contributed by atoms with Crippen molar-refractivity contribution < 1.29 is 23.7 Å². The van der Waals surface area contributed by atoms with Crippen LogP contribution in [0.2, 0.25) is 0 Å². The van der Waals surface area contributed by atoms with Crippen LogP contribution in [0.25, 0.3) is 0 Å². The van der Waals surface area contributed by atoms with E-state index < -0.39 is 5.79 Å². The Morgan fingerprint density at radius 2 is 1.73 bits per heavy atom. The van der Waals surface area contributed by atoms with E-state index in [4.69, 9.17) is 18.9 Å². The highest BCUT2D eigenvalue weighted by Crippen LogP contribution is 2.52. The Kier molecular flexibility index (Phi) is 4.71. The summed E-state index contributed by atoms with van der Waals surface area (Å²) >= 11 is 0. The van der Waals surface area contributed by atoms with Gasteiger partial charge in [0.15, 0.2) is 17.3 Å². The maximum absolute atomic E-state index is 13.1. The van der Waals surface area contributed by atoms with Gasteiger partial charge in [0.2, 0.25) is 6.79 Å². The summed E-state index contributed by atoms with van der Waals surface area (Å²) in [7, 11) is 0. The molecule has 3 aliphatic rings. The van der Waals surface area contributed by atoms with Crippen LogP contribution in [0.1, 0.15) is 48.5 Å². The summed E-state index contributed by atoms with van der Waals surface area (Å²) in [5, 5.41) is 3.33. The minimum atomic E-state index is -0.613. The number of amides is 1. The number of fused-ring (bicyclic) bond motifs is 1. The first-order chi connectivity index (χ1) is 14.5. The highest BCUT2D eigenvalue weighted by atomic mass is 16.7. The van der Waals surface area contributed by atoms with Crippen molar-refractivity contribution in [3.63, 3.8) is 0 Å². The van der Waals surface area contributed by atoms with Crippen molar-refractivity contribution in [3.8, 4) is 11.5 Å². The molecule has 30 heavy (non-hydrogen) atoms. The molecule has 6 nitrogen and oxygen atoms in total. The molecule has 1 spiro atoms. The largest absolute Gasteiger partial charge is 0.454 e. The van der Waals surface area contributed by atoms with E-state index in [-0.39, 0.29) is 30.1 Å². The summed E-state index contributed by atoms with van der Waals surface area (Å²) in [5.74, 6) is 0.823. The quantitative estimate of drug-likeness (QED) is 0.834. The van der Waals surface area contributed by atoms with Gasteiger partial charge in [0, 0.05) is 30.4 Å². The molecular formula is C24H27NO5. The third-order valence-corrected chi connectivity index (χ3v) is 6.46. The first kappa shape index (κ1) is 19.4. The van der Waals surface area contributed by atoms with E-state index in [1.165, 1.54) is 0 Å². The van der Waals surface area contributed by atoms with E-state index in [0.29, 0.717) is 25.2 Å². The first-order valence-electron chi connectivity index (χ1n) is 10.5. The summed E-state index contributed by atoms with van der Waals surface area (Å²) in [6.07, 6.45) is 1.40. The number of hydrogen-bond acceptors (Lipinski definition) is 5. The summed E-state index contributed by atoms with van der Waals surface area (Å²) in [6.45, 7) is 5.79. The van der Waals surface area contributed by atoms with Crippen molar-refractivity contribution in [2.24, 2.45) is 5.41 Å². The Bertz CT molecular complexity index is 936. The highest BCUT2D eigenvalue weighted by Gasteiger charge is 2.54. The lowest BCUT2D eigenvalue weighted by molar-refractivity contribution is -0.207. The van der Waals surface area contributed by atoms with Gasteiger partial charge in [-0.2, -0.15) is 0 Å². The summed E-state index contributed by atoms with van der Waals surface area (Å²) in [5.41, 5.74) is 1.50. The highest BCUT2D eigenvalue weighted by molar-refractivity contribution is 5.94. The zero-order chi connectivity index (χ0) is 20.8. The molecule has 1 amide bonds. The maximum Gasteiger partial charge on any atom is 0.251 e. The summed E-state index contributed by atoms with van der Waals surface area (Å²) < 4.78 is 23.3. The van der Waals surface area contributed by atoms with Crippen molar-refractivity contribution in [1.29, 1.82) is 0 Å². The molecule has 0 unspecified atom stereocenters. The topological polar surface area (TPSA) is 66.0 Å². The second-order valence-corrected chi connectivity index (χ2v) is 9.01. The Labute approximate surface area is 176 Å². The molecule has 2 aromatic rings. The van der Waals surface area contributed by atoms with Crippen LogP contribution in [-0.2, 0) is 9.47 Å². The van der Waals surface area contributed by atoms with Gasteiger partial charge < -0.3 is 24.3 Å². The lowest BCUT2D eigenvalue weighted by Gasteiger charge is -2.51. The lowest BCUT2D eigenvalue weighted by Crippen LogP contribution is -2.57. The van der Waals surface area contributed by atoms with Crippen LogP contribution < -0.4 is 14.8 Å². The molecule has 0 radical (unpaired) electrons. The van der Waals surface area contributed by atoms with Gasteiger partial charge >= 0.3 is 0 Å². The Morgan fingerprint density at radius 3 is 2.50 bits per heavy atom. The smallest absolute Gasteiger partial charge is 0.251 e. The van der Waals surface area contributed by atoms with Crippen LogP contribution in [0.5, 0.6) is 11.5 Å². The van der Waals surface area contributed by atoms with Gasteiger partial charge in [-0.05, 0) is 35.2 Å². The number of carbonyl (C=O) groups excluding carboxylic acids is 1. The van der Waals surface area contributed by atoms with Crippen molar-refractivity contribution >= 4 is 5.91 Å². The monoisotopic (exact) mass is 409 g/mol. The van der Waals surface area contributed by atoms with Gasteiger partial charge in [-0.25, -0.2) is 0 Å². The Hall–Kier alpha value is -2.57. The Balaban J connectivity index is 1.51. The van der Waals surface area contributed by atoms with Gasteiger partial charge in [0.1, 0.15) is 0 Å². The molecule has 2 fully saturated rings. The van der Waals surface area contributed by atoms with Crippen molar-refractivity contribution in [1.82, 2.24) is 5.32 Å². The molecule has 6 heteroatoms. The second kappa shape index (κ2) is 7.29. The van der Waals surface area contributed by atoms with Crippen LogP contribution in [0.3, 0.4) is 0 Å². The fourth-order valence-corrected chi connectivity index (χ4v) is 5.15. The maximum atomic E-state index is 13.1. The van der Waals surface area contributed by atoms with Gasteiger partial charge in [0.05, 0.1) is 13.2 Å². The third kappa shape index (κ3) is 3.44. The number of rotatable bonds is 3. The Morgan fingerprint density at radius 1 is 1.00 bits per heavy atom. The zero-order valence-electron chi connectivity index (χ0n) is 17.4. The van der Waals surface area contributed by atoms with E-state index in [1.807, 2.05) is 42.5 Å². The average Bonchev–Trinajstić information content (AvgIpc) is 3.39. The normalized spacial score (nSPS) is 25.9. The third-order valence-electron chi connectivity index (χ3n) is 6.46. The molecule has 0 aromatic heterocycles. The molecule has 0 bridgehead atoms. The van der Waals surface area contributed by atoms with E-state index in [0.717, 1.165) is 23.5 Å². The average molecular weight is 409 g/mol. The number of hydrogen-bond donors (Lipinski definition) is 1. The van der Waals surface area contributed by atoms with E-state index in [9.17, 15) is 4.79 Å². The van der Waals surface area contributed by atoms with Gasteiger partial charge in [-0.15, -0.1) is 0 Å². The predicted molar refractivity (Wildman–Crippen MR) is 111 cm³/mol. The molecule has 1 saturated carbocycles. The molecule has 2 aliphatic heterocycles. The van der Waals surface area contributed by atoms with Gasteiger partial charge in [-0.3, -0.25) is 4.79 Å². The van der Waals surface area contributed by atoms with Gasteiger partial charge in [0.25, 0.3) is 5.91 Å². The SMILES string of the molecule is CC1(C)CC2(C[C@H](c3ccc4c(c3)OCO4)[C@H]1NC(=O)c1ccccc1)OCCO2. The minimum Gasteiger partial charge on any atom is -0.454 e. The number of ether oxygens (including phenoxy) is 4. The van der Waals surface area contributed by atoms with Crippen LogP contribution in [0.15, 0.2) is 48.5 Å². The lowest BCUT2D eigenvalue weighted by atomic mass is 9.63. The summed E-state index contributed by atoms with van der Waals surface area (Å²) in [4.78, 5) is 13.1. The first-order valence-corrected chi connectivity index (χ1v) is 10.5.